The number of aromatic nitrogens is 1. The van der Waals surface area contributed by atoms with E-state index in [1.807, 2.05) is 62.2 Å². The average molecular weight is 517 g/mol. The summed E-state index contributed by atoms with van der Waals surface area (Å²) >= 11 is 6.07. The number of carbonyl (C=O) groups excluding carboxylic acids is 2. The zero-order valence-corrected chi connectivity index (χ0v) is 22.3. The first-order valence-electron chi connectivity index (χ1n) is 12.5. The quantitative estimate of drug-likeness (QED) is 0.262. The predicted molar refractivity (Wildman–Crippen MR) is 151 cm³/mol. The number of urea groups is 1. The number of nitrogens with one attached hydrogen (secondary N) is 2. The number of nitrogens with zero attached hydrogens (tertiary/aromatic N) is 2. The van der Waals surface area contributed by atoms with Crippen LogP contribution in [0.3, 0.4) is 0 Å². The van der Waals surface area contributed by atoms with Gasteiger partial charge in [0.2, 0.25) is 5.91 Å². The number of carbonyl (C=O) groups is 2. The van der Waals surface area contributed by atoms with Crippen molar-refractivity contribution in [3.8, 4) is 0 Å². The van der Waals surface area contributed by atoms with E-state index in [1.54, 1.807) is 29.2 Å². The molecule has 0 radical (unpaired) electrons. The molecule has 2 N–H and O–H groups in total. The van der Waals surface area contributed by atoms with E-state index in [2.05, 4.69) is 28.5 Å². The van der Waals surface area contributed by atoms with Gasteiger partial charge in [0.1, 0.15) is 6.54 Å². The van der Waals surface area contributed by atoms with Crippen LogP contribution in [0.15, 0.2) is 79.0 Å². The van der Waals surface area contributed by atoms with Crippen molar-refractivity contribution in [3.63, 3.8) is 0 Å². The molecule has 0 saturated heterocycles. The monoisotopic (exact) mass is 516 g/mol. The average Bonchev–Trinajstić information content (AvgIpc) is 3.29. The third-order valence-corrected chi connectivity index (χ3v) is 6.67. The molecule has 1 heterocycles. The molecule has 4 rings (SSSR count). The largest absolute Gasteiger partial charge is 0.361 e. The summed E-state index contributed by atoms with van der Waals surface area (Å²) in [5.74, 6) is -0.102. The van der Waals surface area contributed by atoms with Crippen LogP contribution in [0, 0.1) is 6.92 Å². The summed E-state index contributed by atoms with van der Waals surface area (Å²) in [7, 11) is 0. The lowest BCUT2D eigenvalue weighted by atomic mass is 10.1. The number of aromatic amines is 1. The molecule has 0 fully saturated rings. The Balaban J connectivity index is 1.51. The third-order valence-electron chi connectivity index (χ3n) is 6.44. The molecule has 0 aliphatic carbocycles. The molecule has 0 aliphatic heterocycles. The molecule has 192 valence electrons. The van der Waals surface area contributed by atoms with Gasteiger partial charge >= 0.3 is 6.03 Å². The second kappa shape index (κ2) is 12.0. The normalized spacial score (nSPS) is 11.1. The van der Waals surface area contributed by atoms with Gasteiger partial charge in [-0.05, 0) is 62.6 Å². The summed E-state index contributed by atoms with van der Waals surface area (Å²) in [4.78, 5) is 33.5. The number of anilines is 1. The minimum Gasteiger partial charge on any atom is -0.361 e. The maximum atomic E-state index is 13.6. The fraction of sp³-hybridized carbons (Fsp3) is 0.267. The zero-order valence-electron chi connectivity index (χ0n) is 21.5. The van der Waals surface area contributed by atoms with E-state index >= 15 is 0 Å². The Hall–Kier alpha value is -3.77. The molecule has 37 heavy (non-hydrogen) atoms. The molecule has 0 atom stereocenters. The minimum atomic E-state index is -0.336. The lowest BCUT2D eigenvalue weighted by Gasteiger charge is -2.30. The van der Waals surface area contributed by atoms with E-state index in [0.29, 0.717) is 30.2 Å². The molecule has 3 aromatic carbocycles. The molecule has 1 aromatic heterocycles. The van der Waals surface area contributed by atoms with Crippen LogP contribution in [0.1, 0.15) is 30.5 Å². The number of halogens is 1. The Morgan fingerprint density at radius 1 is 1.00 bits per heavy atom. The molecular weight excluding hydrogens is 484 g/mol. The summed E-state index contributed by atoms with van der Waals surface area (Å²) in [6, 6.07) is 22.8. The van der Waals surface area contributed by atoms with E-state index in [-0.39, 0.29) is 24.5 Å². The second-order valence-corrected chi connectivity index (χ2v) is 10.0. The molecule has 0 aliphatic rings. The second-order valence-electron chi connectivity index (χ2n) is 9.57. The molecule has 0 saturated carbocycles. The Labute approximate surface area is 223 Å². The summed E-state index contributed by atoms with van der Waals surface area (Å²) in [6.45, 7) is 6.84. The topological polar surface area (TPSA) is 68.4 Å². The zero-order chi connectivity index (χ0) is 26.4. The van der Waals surface area contributed by atoms with Crippen LogP contribution < -0.4 is 5.32 Å². The van der Waals surface area contributed by atoms with Crippen molar-refractivity contribution >= 4 is 40.1 Å². The van der Waals surface area contributed by atoms with Gasteiger partial charge in [0.05, 0.1) is 0 Å². The summed E-state index contributed by atoms with van der Waals surface area (Å²) in [5.41, 5.74) is 5.06. The number of H-pyrrole nitrogens is 1. The first-order chi connectivity index (χ1) is 17.8. The van der Waals surface area contributed by atoms with Crippen molar-refractivity contribution in [3.05, 3.63) is 101 Å². The molecule has 7 heteroatoms. The Morgan fingerprint density at radius 2 is 1.76 bits per heavy atom. The van der Waals surface area contributed by atoms with Gasteiger partial charge in [0, 0.05) is 46.9 Å². The van der Waals surface area contributed by atoms with Crippen molar-refractivity contribution in [2.24, 2.45) is 0 Å². The van der Waals surface area contributed by atoms with Crippen LogP contribution >= 0.6 is 11.6 Å². The predicted octanol–water partition coefficient (Wildman–Crippen LogP) is 6.64. The number of benzene rings is 3. The summed E-state index contributed by atoms with van der Waals surface area (Å²) in [5, 5.41) is 4.56. The standard InChI is InChI=1S/C30H33ClN4O2/c1-21(2)35(30(37)33-26-8-6-7-25(31)17-26)20-29(36)34(19-23-13-11-22(3)12-14-23)16-15-24-18-32-28-10-5-4-9-27(24)28/h4-14,17-18,21,32H,15-16,19-20H2,1-3H3,(H,33,37). The maximum absolute atomic E-state index is 13.6. The Morgan fingerprint density at radius 3 is 2.49 bits per heavy atom. The minimum absolute atomic E-state index is 0.0240. The van der Waals surface area contributed by atoms with Crippen molar-refractivity contribution < 1.29 is 9.59 Å². The Bertz CT molecular complexity index is 1360. The van der Waals surface area contributed by atoms with Crippen LogP contribution in [-0.4, -0.2) is 45.9 Å². The number of aryl methyl sites for hydroxylation is 1. The third kappa shape index (κ3) is 6.92. The van der Waals surface area contributed by atoms with Crippen LogP contribution in [0.5, 0.6) is 0 Å². The maximum Gasteiger partial charge on any atom is 0.322 e. The number of para-hydroxylation sites is 1. The lowest BCUT2D eigenvalue weighted by molar-refractivity contribution is -0.132. The van der Waals surface area contributed by atoms with Gasteiger partial charge in [0.25, 0.3) is 0 Å². The number of fused-ring (bicyclic) bond motifs is 1. The van der Waals surface area contributed by atoms with Gasteiger partial charge < -0.3 is 20.1 Å². The number of hydrogen-bond acceptors (Lipinski definition) is 2. The van der Waals surface area contributed by atoms with Crippen LogP contribution in [0.2, 0.25) is 5.02 Å². The van der Waals surface area contributed by atoms with Gasteiger partial charge in [-0.25, -0.2) is 4.79 Å². The van der Waals surface area contributed by atoms with Gasteiger partial charge in [0.15, 0.2) is 0 Å². The number of rotatable bonds is 9. The molecular formula is C30H33ClN4O2. The van der Waals surface area contributed by atoms with Gasteiger partial charge in [-0.1, -0.05) is 65.7 Å². The van der Waals surface area contributed by atoms with Gasteiger partial charge in [-0.15, -0.1) is 0 Å². The highest BCUT2D eigenvalue weighted by atomic mass is 35.5. The first kappa shape index (κ1) is 26.3. The molecule has 0 bridgehead atoms. The van der Waals surface area contributed by atoms with Crippen molar-refractivity contribution in [2.75, 3.05) is 18.4 Å². The van der Waals surface area contributed by atoms with E-state index < -0.39 is 0 Å². The number of amides is 3. The molecule has 0 unspecified atom stereocenters. The summed E-state index contributed by atoms with van der Waals surface area (Å²) < 4.78 is 0. The smallest absolute Gasteiger partial charge is 0.322 e. The van der Waals surface area contributed by atoms with Crippen molar-refractivity contribution in [1.29, 1.82) is 0 Å². The highest BCUT2D eigenvalue weighted by Gasteiger charge is 2.24. The number of hydrogen-bond donors (Lipinski definition) is 2. The Kier molecular flexibility index (Phi) is 8.51. The highest BCUT2D eigenvalue weighted by Crippen LogP contribution is 2.20. The van der Waals surface area contributed by atoms with E-state index in [0.717, 1.165) is 22.0 Å². The van der Waals surface area contributed by atoms with E-state index in [4.69, 9.17) is 11.6 Å². The lowest BCUT2D eigenvalue weighted by Crippen LogP contribution is -2.47. The first-order valence-corrected chi connectivity index (χ1v) is 12.9. The molecule has 6 nitrogen and oxygen atoms in total. The van der Waals surface area contributed by atoms with E-state index in [1.165, 1.54) is 5.56 Å². The SMILES string of the molecule is Cc1ccc(CN(CCc2c[nH]c3ccccc23)C(=O)CN(C(=O)Nc2cccc(Cl)c2)C(C)C)cc1. The van der Waals surface area contributed by atoms with Crippen molar-refractivity contribution in [1.82, 2.24) is 14.8 Å². The van der Waals surface area contributed by atoms with Gasteiger partial charge in [-0.3, -0.25) is 4.79 Å². The molecule has 4 aromatic rings. The van der Waals surface area contributed by atoms with Crippen LogP contribution in [0.4, 0.5) is 10.5 Å². The molecule has 0 spiro atoms. The fourth-order valence-corrected chi connectivity index (χ4v) is 4.49. The van der Waals surface area contributed by atoms with Crippen molar-refractivity contribution in [2.45, 2.75) is 39.8 Å². The van der Waals surface area contributed by atoms with Crippen LogP contribution in [-0.2, 0) is 17.8 Å². The highest BCUT2D eigenvalue weighted by molar-refractivity contribution is 6.30. The summed E-state index contributed by atoms with van der Waals surface area (Å²) in [6.07, 6.45) is 2.72. The van der Waals surface area contributed by atoms with Gasteiger partial charge in [-0.2, -0.15) is 0 Å². The fourth-order valence-electron chi connectivity index (χ4n) is 4.30. The molecule has 3 amide bonds. The van der Waals surface area contributed by atoms with Crippen LogP contribution in [0.25, 0.3) is 10.9 Å². The van der Waals surface area contributed by atoms with E-state index in [9.17, 15) is 9.59 Å².